The van der Waals surface area contributed by atoms with Gasteiger partial charge in [-0.25, -0.2) is 9.18 Å². The van der Waals surface area contributed by atoms with Crippen LogP contribution in [0.4, 0.5) is 10.1 Å². The highest BCUT2D eigenvalue weighted by molar-refractivity contribution is 7.91. The van der Waals surface area contributed by atoms with E-state index in [1.807, 2.05) is 12.1 Å². The van der Waals surface area contributed by atoms with Crippen LogP contribution in [0.25, 0.3) is 0 Å². The quantitative estimate of drug-likeness (QED) is 0.384. The van der Waals surface area contributed by atoms with Crippen LogP contribution in [0.1, 0.15) is 48.2 Å². The number of nitrogens with one attached hydrogen (secondary N) is 2. The Morgan fingerprint density at radius 3 is 2.40 bits per heavy atom. The lowest BCUT2D eigenvalue weighted by Crippen LogP contribution is -2.65. The van der Waals surface area contributed by atoms with Gasteiger partial charge in [-0.2, -0.15) is 8.42 Å². The Morgan fingerprint density at radius 2 is 1.75 bits per heavy atom. The van der Waals surface area contributed by atoms with E-state index in [9.17, 15) is 22.4 Å². The first-order chi connectivity index (χ1) is 19.0. The summed E-state index contributed by atoms with van der Waals surface area (Å²) in [6.45, 7) is 4.48. The summed E-state index contributed by atoms with van der Waals surface area (Å²) >= 11 is 12.2. The van der Waals surface area contributed by atoms with Crippen LogP contribution in [0.5, 0.6) is 0 Å². The van der Waals surface area contributed by atoms with E-state index < -0.39 is 37.1 Å². The number of hydrogen-bond donors (Lipinski definition) is 2. The summed E-state index contributed by atoms with van der Waals surface area (Å²) in [6.07, 6.45) is 1.14. The molecule has 11 heteroatoms. The second-order valence-electron chi connectivity index (χ2n) is 10.3. The van der Waals surface area contributed by atoms with Crippen LogP contribution < -0.4 is 14.5 Å². The highest BCUT2D eigenvalue weighted by Crippen LogP contribution is 2.57. The second kappa shape index (κ2) is 10.5. The van der Waals surface area contributed by atoms with Gasteiger partial charge < -0.3 is 10.6 Å². The summed E-state index contributed by atoms with van der Waals surface area (Å²) in [5.74, 6) is -1.70. The van der Waals surface area contributed by atoms with Crippen LogP contribution in [0, 0.1) is 5.82 Å². The van der Waals surface area contributed by atoms with E-state index in [0.717, 1.165) is 23.8 Å². The van der Waals surface area contributed by atoms with Crippen LogP contribution in [0.15, 0.2) is 65.6 Å². The first kappa shape index (κ1) is 28.7. The molecule has 0 aliphatic carbocycles. The van der Waals surface area contributed by atoms with Gasteiger partial charge in [0.15, 0.2) is 5.69 Å². The number of amides is 2. The number of rotatable bonds is 5. The number of benzene rings is 3. The van der Waals surface area contributed by atoms with Gasteiger partial charge in [-0.05, 0) is 74.8 Å². The van der Waals surface area contributed by atoms with Crippen LogP contribution in [-0.2, 0) is 26.8 Å². The molecule has 2 heterocycles. The highest BCUT2D eigenvalue weighted by Gasteiger charge is 2.68. The molecule has 0 radical (unpaired) electrons. The molecule has 2 aliphatic heterocycles. The Hall–Kier alpha value is -2.82. The number of hydrogen-bond acceptors (Lipinski definition) is 5. The lowest BCUT2D eigenvalue weighted by Gasteiger charge is -2.41. The number of piperidine rings is 1. The predicted octanol–water partition coefficient (Wildman–Crippen LogP) is 5.33. The zero-order valence-electron chi connectivity index (χ0n) is 22.0. The van der Waals surface area contributed by atoms with Crippen molar-refractivity contribution in [2.24, 2.45) is 0 Å². The van der Waals surface area contributed by atoms with Crippen molar-refractivity contribution in [3.63, 3.8) is 0 Å². The van der Waals surface area contributed by atoms with Gasteiger partial charge in [0.25, 0.3) is 5.91 Å². The van der Waals surface area contributed by atoms with Gasteiger partial charge in [-0.1, -0.05) is 41.4 Å². The zero-order chi connectivity index (χ0) is 28.9. The maximum atomic E-state index is 14.4. The molecule has 2 aliphatic rings. The minimum atomic E-state index is -4.46. The average Bonchev–Trinajstić information content (AvgIpc) is 3.14. The van der Waals surface area contributed by atoms with Gasteiger partial charge in [-0.15, -0.1) is 3.89 Å². The smallest absolute Gasteiger partial charge is 0.339 e. The molecular weight excluding hydrogens is 576 g/mol. The molecule has 40 heavy (non-hydrogen) atoms. The summed E-state index contributed by atoms with van der Waals surface area (Å²) in [7, 11) is -4.46. The van der Waals surface area contributed by atoms with Crippen molar-refractivity contribution < 1.29 is 22.4 Å². The van der Waals surface area contributed by atoms with Crippen molar-refractivity contribution in [2.45, 2.75) is 49.6 Å². The molecule has 7 nitrogen and oxygen atoms in total. The van der Waals surface area contributed by atoms with Crippen molar-refractivity contribution in [2.75, 3.05) is 13.1 Å². The molecule has 1 saturated heterocycles. The fraction of sp³-hybridized carbons (Fsp3) is 0.310. The van der Waals surface area contributed by atoms with Crippen molar-refractivity contribution >= 4 is 50.7 Å². The molecule has 3 aromatic carbocycles. The van der Waals surface area contributed by atoms with E-state index in [0.29, 0.717) is 47.8 Å². The van der Waals surface area contributed by atoms with Crippen LogP contribution >= 0.6 is 23.2 Å². The minimum Gasteiger partial charge on any atom is -0.348 e. The van der Waals surface area contributed by atoms with Crippen molar-refractivity contribution in [1.29, 1.82) is 0 Å². The Bertz CT molecular complexity index is 1630. The van der Waals surface area contributed by atoms with Crippen LogP contribution in [0.2, 0.25) is 10.0 Å². The fourth-order valence-electron chi connectivity index (χ4n) is 6.38. The van der Waals surface area contributed by atoms with E-state index in [-0.39, 0.29) is 22.4 Å². The third-order valence-electron chi connectivity index (χ3n) is 8.43. The number of sulfonamides is 1. The maximum absolute atomic E-state index is 14.4. The summed E-state index contributed by atoms with van der Waals surface area (Å²) in [4.78, 5) is 26.6. The van der Waals surface area contributed by atoms with Gasteiger partial charge in [0.2, 0.25) is 0 Å². The zero-order valence-corrected chi connectivity index (χ0v) is 24.3. The van der Waals surface area contributed by atoms with Crippen LogP contribution in [-0.4, -0.2) is 39.4 Å². The molecule has 2 atom stereocenters. The summed E-state index contributed by atoms with van der Waals surface area (Å²) < 4.78 is 41.9. The van der Waals surface area contributed by atoms with Crippen molar-refractivity contribution in [3.8, 4) is 0 Å². The van der Waals surface area contributed by atoms with Gasteiger partial charge in [0.05, 0.1) is 17.4 Å². The molecule has 0 bridgehead atoms. The Morgan fingerprint density at radius 1 is 1.05 bits per heavy atom. The second-order valence-corrected chi connectivity index (χ2v) is 13.1. The predicted molar refractivity (Wildman–Crippen MR) is 153 cm³/mol. The molecule has 3 aromatic rings. The van der Waals surface area contributed by atoms with Gasteiger partial charge in [-0.3, -0.25) is 4.79 Å². The average molecular weight is 606 g/mol. The first-order valence-corrected chi connectivity index (χ1v) is 15.1. The van der Waals surface area contributed by atoms with Crippen LogP contribution in [0.3, 0.4) is 0 Å². The largest absolute Gasteiger partial charge is 0.348 e. The first-order valence-electron chi connectivity index (χ1n) is 12.9. The van der Waals surface area contributed by atoms with E-state index in [1.165, 1.54) is 13.0 Å². The fourth-order valence-corrected chi connectivity index (χ4v) is 9.04. The molecule has 1 fully saturated rings. The number of carbonyl (C=O) groups is 2. The highest BCUT2D eigenvalue weighted by atomic mass is 35.5. The lowest BCUT2D eigenvalue weighted by molar-refractivity contribution is -0.125. The number of fused-ring (bicyclic) bond motifs is 2. The van der Waals surface area contributed by atoms with Gasteiger partial charge >= 0.3 is 15.9 Å². The van der Waals surface area contributed by atoms with Crippen molar-refractivity contribution in [1.82, 2.24) is 14.5 Å². The molecule has 5 rings (SSSR count). The normalized spacial score (nSPS) is 21.7. The number of halogens is 3. The third-order valence-corrected chi connectivity index (χ3v) is 11.5. The van der Waals surface area contributed by atoms with E-state index in [2.05, 4.69) is 10.6 Å². The van der Waals surface area contributed by atoms with E-state index in [1.54, 1.807) is 31.2 Å². The van der Waals surface area contributed by atoms with E-state index in [4.69, 9.17) is 23.2 Å². The Kier molecular flexibility index (Phi) is 7.56. The molecule has 0 saturated carbocycles. The number of carbonyl (C=O) groups excluding carboxylic acids is 2. The molecule has 1 spiro atoms. The molecule has 2 amide bonds. The third kappa shape index (κ3) is 4.26. The molecule has 0 aromatic heterocycles. The standard InChI is InChI=1S/C29H28Cl2FN3O4S/c1-18-29(11-13-33-14-12-29)23-15-20(28(37)34-17-21-5-3-4-6-24(21)30)7-10-27(23)35(18,19(2)36)40(38,39)22-8-9-26(32)25(31)16-22/h3-10,15-16,18,33H,11-14,17H2,1-2H3/p+1. The topological polar surface area (TPSA) is 92.3 Å². The summed E-state index contributed by atoms with van der Waals surface area (Å²) in [5.41, 5.74) is 1.35. The van der Waals surface area contributed by atoms with Gasteiger partial charge in [0, 0.05) is 28.8 Å². The summed E-state index contributed by atoms with van der Waals surface area (Å²) in [6, 6.07) is 14.5. The minimum absolute atomic E-state index is 0.216. The van der Waals surface area contributed by atoms with E-state index >= 15 is 0 Å². The van der Waals surface area contributed by atoms with Gasteiger partial charge in [0.1, 0.15) is 16.8 Å². The Balaban J connectivity index is 1.65. The molecule has 2 N–H and O–H groups in total. The number of quaternary nitrogens is 1. The SMILES string of the molecule is CC(=O)[N+]1(S(=O)(=O)c2ccc(F)c(Cl)c2)c2ccc(C(=O)NCc3ccccc3Cl)cc2C2(CCNCC2)C1C. The monoisotopic (exact) mass is 604 g/mol. The molecule has 2 unspecified atom stereocenters. The van der Waals surface area contributed by atoms with Crippen molar-refractivity contribution in [3.05, 3.63) is 93.2 Å². The molecular formula is C29H29Cl2FN3O4S+. The number of nitrogens with zero attached hydrogens (tertiary/aromatic N) is 1. The Labute approximate surface area is 242 Å². The lowest BCUT2D eigenvalue weighted by atomic mass is 9.70. The molecule has 210 valence electrons. The maximum Gasteiger partial charge on any atom is 0.339 e. The summed E-state index contributed by atoms with van der Waals surface area (Å²) in [5, 5.41) is 6.39.